The van der Waals surface area contributed by atoms with Crippen molar-refractivity contribution < 1.29 is 18.3 Å². The van der Waals surface area contributed by atoms with Crippen molar-refractivity contribution in [2.45, 2.75) is 51.7 Å². The smallest absolute Gasteiger partial charge is 0.265 e. The number of aliphatic hydroxyl groups is 1. The van der Waals surface area contributed by atoms with Gasteiger partial charge in [-0.2, -0.15) is 0 Å². The largest absolute Gasteiger partial charge is 0.383 e. The standard InChI is InChI=1S/C15H23NO4S/c1-4-5-11(17)13(18)16-12-8-10-6-7-15(12,14(10,2)3)9-21(16,19)20/h4,10-12,17H,1,5-9H2,2-3H3/t10?,11-,12-,15?/m1/s1. The maximum Gasteiger partial charge on any atom is 0.265 e. The van der Waals surface area contributed by atoms with E-state index in [-0.39, 0.29) is 29.0 Å². The number of fused-ring (bicyclic) bond motifs is 1. The Hall–Kier alpha value is -0.880. The summed E-state index contributed by atoms with van der Waals surface area (Å²) in [5, 5.41) is 9.90. The molecule has 5 nitrogen and oxygen atoms in total. The molecule has 3 rings (SSSR count). The summed E-state index contributed by atoms with van der Waals surface area (Å²) in [6, 6.07) is -0.275. The molecule has 1 N–H and O–H groups in total. The van der Waals surface area contributed by atoms with Crippen molar-refractivity contribution in [2.75, 3.05) is 5.75 Å². The quantitative estimate of drug-likeness (QED) is 0.797. The summed E-state index contributed by atoms with van der Waals surface area (Å²) in [5.74, 6) is -0.175. The summed E-state index contributed by atoms with van der Waals surface area (Å²) in [4.78, 5) is 12.4. The van der Waals surface area contributed by atoms with Gasteiger partial charge in [0, 0.05) is 11.8 Å². The highest BCUT2D eigenvalue weighted by Crippen LogP contribution is 2.69. The first kappa shape index (κ1) is 15.0. The lowest BCUT2D eigenvalue weighted by Crippen LogP contribution is -2.47. The van der Waals surface area contributed by atoms with Gasteiger partial charge < -0.3 is 5.11 Å². The fraction of sp³-hybridized carbons (Fsp3) is 0.800. The Balaban J connectivity index is 2.00. The molecule has 2 aliphatic carbocycles. The van der Waals surface area contributed by atoms with Gasteiger partial charge in [0.05, 0.1) is 11.8 Å². The molecule has 2 unspecified atom stereocenters. The van der Waals surface area contributed by atoms with E-state index in [4.69, 9.17) is 0 Å². The van der Waals surface area contributed by atoms with Gasteiger partial charge in [-0.05, 0) is 30.6 Å². The summed E-state index contributed by atoms with van der Waals surface area (Å²) < 4.78 is 26.1. The Morgan fingerprint density at radius 1 is 1.52 bits per heavy atom. The van der Waals surface area contributed by atoms with Crippen LogP contribution in [0.2, 0.25) is 0 Å². The van der Waals surface area contributed by atoms with Crippen LogP contribution < -0.4 is 0 Å². The van der Waals surface area contributed by atoms with Crippen LogP contribution in [-0.2, 0) is 14.8 Å². The van der Waals surface area contributed by atoms with Crippen molar-refractivity contribution in [2.24, 2.45) is 16.7 Å². The second-order valence-corrected chi connectivity index (χ2v) is 9.14. The van der Waals surface area contributed by atoms with Gasteiger partial charge in [0.25, 0.3) is 5.91 Å². The van der Waals surface area contributed by atoms with E-state index < -0.39 is 22.0 Å². The molecule has 0 aromatic heterocycles. The van der Waals surface area contributed by atoms with Crippen LogP contribution in [0.1, 0.15) is 39.5 Å². The Labute approximate surface area is 126 Å². The summed E-state index contributed by atoms with van der Waals surface area (Å²) in [5.41, 5.74) is -0.400. The third kappa shape index (κ3) is 1.72. The molecular weight excluding hydrogens is 290 g/mol. The van der Waals surface area contributed by atoms with Crippen LogP contribution in [0.25, 0.3) is 0 Å². The predicted octanol–water partition coefficient (Wildman–Crippen LogP) is 1.29. The van der Waals surface area contributed by atoms with E-state index in [0.717, 1.165) is 23.6 Å². The van der Waals surface area contributed by atoms with Crippen molar-refractivity contribution in [1.29, 1.82) is 0 Å². The van der Waals surface area contributed by atoms with Gasteiger partial charge in [-0.25, -0.2) is 12.7 Å². The highest BCUT2D eigenvalue weighted by atomic mass is 32.2. The van der Waals surface area contributed by atoms with Crippen LogP contribution in [0, 0.1) is 16.7 Å². The number of nitrogens with zero attached hydrogens (tertiary/aromatic N) is 1. The minimum Gasteiger partial charge on any atom is -0.383 e. The minimum absolute atomic E-state index is 0.0424. The van der Waals surface area contributed by atoms with Crippen LogP contribution in [0.4, 0.5) is 0 Å². The first-order valence-electron chi connectivity index (χ1n) is 7.52. The zero-order chi connectivity index (χ0) is 15.6. The van der Waals surface area contributed by atoms with E-state index in [1.165, 1.54) is 6.08 Å². The Morgan fingerprint density at radius 3 is 2.76 bits per heavy atom. The molecule has 1 aliphatic heterocycles. The van der Waals surface area contributed by atoms with Crippen LogP contribution in [0.3, 0.4) is 0 Å². The molecule has 118 valence electrons. The molecule has 0 radical (unpaired) electrons. The molecular formula is C15H23NO4S. The lowest BCUT2D eigenvalue weighted by Gasteiger charge is -2.37. The molecule has 6 heteroatoms. The van der Waals surface area contributed by atoms with Crippen LogP contribution in [0.15, 0.2) is 12.7 Å². The SMILES string of the molecule is C=CC[C@@H](O)C(=O)N1[C@@H]2CC3CCC2(CS1(=O)=O)C3(C)C. The van der Waals surface area contributed by atoms with E-state index in [0.29, 0.717) is 5.92 Å². The number of sulfonamides is 1. The molecule has 3 fully saturated rings. The molecule has 3 aliphatic rings. The van der Waals surface area contributed by atoms with Gasteiger partial charge in [0.1, 0.15) is 6.10 Å². The number of hydrogen-bond acceptors (Lipinski definition) is 4. The Bertz CT molecular complexity index is 597. The maximum atomic E-state index is 12.6. The first-order valence-corrected chi connectivity index (χ1v) is 9.13. The zero-order valence-electron chi connectivity index (χ0n) is 12.6. The predicted molar refractivity (Wildman–Crippen MR) is 78.8 cm³/mol. The first-order chi connectivity index (χ1) is 9.67. The molecule has 1 heterocycles. The average molecular weight is 313 g/mol. The number of aliphatic hydroxyl groups excluding tert-OH is 1. The molecule has 1 spiro atoms. The molecule has 0 aromatic carbocycles. The zero-order valence-corrected chi connectivity index (χ0v) is 13.4. The summed E-state index contributed by atoms with van der Waals surface area (Å²) in [7, 11) is -3.63. The Kier molecular flexibility index (Phi) is 3.09. The molecule has 1 amide bonds. The van der Waals surface area contributed by atoms with Crippen LogP contribution in [-0.4, -0.2) is 41.6 Å². The summed E-state index contributed by atoms with van der Waals surface area (Å²) >= 11 is 0. The minimum atomic E-state index is -3.63. The molecule has 21 heavy (non-hydrogen) atoms. The third-order valence-electron chi connectivity index (χ3n) is 6.30. The second-order valence-electron chi connectivity index (χ2n) is 7.30. The average Bonchev–Trinajstić information content (AvgIpc) is 2.85. The highest BCUT2D eigenvalue weighted by molar-refractivity contribution is 7.90. The van der Waals surface area contributed by atoms with Crippen molar-refractivity contribution in [3.05, 3.63) is 12.7 Å². The molecule has 2 bridgehead atoms. The van der Waals surface area contributed by atoms with Crippen molar-refractivity contribution in [3.8, 4) is 0 Å². The van der Waals surface area contributed by atoms with E-state index in [1.807, 2.05) is 0 Å². The van der Waals surface area contributed by atoms with E-state index >= 15 is 0 Å². The number of carbonyl (C=O) groups is 1. The summed E-state index contributed by atoms with van der Waals surface area (Å²) in [6.45, 7) is 7.76. The fourth-order valence-corrected chi connectivity index (χ4v) is 7.55. The monoisotopic (exact) mass is 313 g/mol. The lowest BCUT2D eigenvalue weighted by atomic mass is 9.69. The van der Waals surface area contributed by atoms with E-state index in [1.54, 1.807) is 0 Å². The number of hydrogen-bond donors (Lipinski definition) is 1. The van der Waals surface area contributed by atoms with E-state index in [2.05, 4.69) is 20.4 Å². The van der Waals surface area contributed by atoms with Gasteiger partial charge in [0.2, 0.25) is 10.0 Å². The number of rotatable bonds is 3. The highest BCUT2D eigenvalue weighted by Gasteiger charge is 2.72. The van der Waals surface area contributed by atoms with Gasteiger partial charge in [0.15, 0.2) is 0 Å². The molecule has 1 saturated heterocycles. The van der Waals surface area contributed by atoms with Crippen molar-refractivity contribution in [1.82, 2.24) is 4.31 Å². The Morgan fingerprint density at radius 2 is 2.19 bits per heavy atom. The summed E-state index contributed by atoms with van der Waals surface area (Å²) in [6.07, 6.45) is 2.84. The van der Waals surface area contributed by atoms with Crippen molar-refractivity contribution in [3.63, 3.8) is 0 Å². The van der Waals surface area contributed by atoms with Crippen LogP contribution >= 0.6 is 0 Å². The number of amides is 1. The number of carbonyl (C=O) groups excluding carboxylic acids is 1. The van der Waals surface area contributed by atoms with Crippen LogP contribution in [0.5, 0.6) is 0 Å². The van der Waals surface area contributed by atoms with Gasteiger partial charge in [-0.1, -0.05) is 19.9 Å². The maximum absolute atomic E-state index is 12.6. The van der Waals surface area contributed by atoms with Gasteiger partial charge in [-0.15, -0.1) is 6.58 Å². The van der Waals surface area contributed by atoms with E-state index in [9.17, 15) is 18.3 Å². The third-order valence-corrected chi connectivity index (χ3v) is 8.22. The normalized spacial score (nSPS) is 40.0. The van der Waals surface area contributed by atoms with Gasteiger partial charge in [-0.3, -0.25) is 4.79 Å². The second kappa shape index (κ2) is 4.32. The fourth-order valence-electron chi connectivity index (χ4n) is 4.98. The van der Waals surface area contributed by atoms with Gasteiger partial charge >= 0.3 is 0 Å². The molecule has 0 aromatic rings. The lowest BCUT2D eigenvalue weighted by molar-refractivity contribution is -0.137. The molecule has 2 saturated carbocycles. The topological polar surface area (TPSA) is 74.7 Å². The molecule has 4 atom stereocenters. The van der Waals surface area contributed by atoms with Crippen molar-refractivity contribution >= 4 is 15.9 Å².